The van der Waals surface area contributed by atoms with Crippen LogP contribution in [0.5, 0.6) is 11.5 Å². The van der Waals surface area contributed by atoms with Crippen molar-refractivity contribution < 1.29 is 14.3 Å². The fraction of sp³-hybridized carbons (Fsp3) is 0.250. The summed E-state index contributed by atoms with van der Waals surface area (Å²) in [4.78, 5) is 12.6. The van der Waals surface area contributed by atoms with Crippen molar-refractivity contribution in [3.63, 3.8) is 0 Å². The predicted molar refractivity (Wildman–Crippen MR) is 115 cm³/mol. The molecular formula is C24H23N3O3. The van der Waals surface area contributed by atoms with Crippen LogP contribution in [0.15, 0.2) is 42.6 Å². The Bertz CT molecular complexity index is 1160. The molecule has 2 heterocycles. The summed E-state index contributed by atoms with van der Waals surface area (Å²) in [6.07, 6.45) is 7.45. The SMILES string of the molecule is C#CCOc1ccc(C2CC(=O)Nc3c2cnn3-c2cc(C)ccc2C)cc1OC. The highest BCUT2D eigenvalue weighted by molar-refractivity contribution is 5.94. The van der Waals surface area contributed by atoms with Gasteiger partial charge in [0.25, 0.3) is 0 Å². The van der Waals surface area contributed by atoms with E-state index in [4.69, 9.17) is 15.9 Å². The van der Waals surface area contributed by atoms with Crippen molar-refractivity contribution in [2.45, 2.75) is 26.2 Å². The number of benzene rings is 2. The summed E-state index contributed by atoms with van der Waals surface area (Å²) in [5.74, 6) is 4.12. The minimum atomic E-state index is -0.136. The average Bonchev–Trinajstić information content (AvgIpc) is 3.16. The molecule has 2 aromatic carbocycles. The lowest BCUT2D eigenvalue weighted by atomic mass is 9.87. The van der Waals surface area contributed by atoms with Crippen LogP contribution in [0.3, 0.4) is 0 Å². The highest BCUT2D eigenvalue weighted by Gasteiger charge is 2.31. The van der Waals surface area contributed by atoms with E-state index < -0.39 is 0 Å². The van der Waals surface area contributed by atoms with Crippen LogP contribution in [-0.2, 0) is 4.79 Å². The van der Waals surface area contributed by atoms with Crippen LogP contribution in [0.2, 0.25) is 0 Å². The van der Waals surface area contributed by atoms with Crippen molar-refractivity contribution in [2.24, 2.45) is 0 Å². The van der Waals surface area contributed by atoms with E-state index in [0.29, 0.717) is 23.7 Å². The van der Waals surface area contributed by atoms with Crippen LogP contribution in [-0.4, -0.2) is 29.4 Å². The van der Waals surface area contributed by atoms with Crippen LogP contribution >= 0.6 is 0 Å². The molecular weight excluding hydrogens is 378 g/mol. The predicted octanol–water partition coefficient (Wildman–Crippen LogP) is 3.98. The van der Waals surface area contributed by atoms with E-state index >= 15 is 0 Å². The number of hydrogen-bond acceptors (Lipinski definition) is 4. The highest BCUT2D eigenvalue weighted by atomic mass is 16.5. The molecule has 0 saturated heterocycles. The van der Waals surface area contributed by atoms with Crippen molar-refractivity contribution in [3.05, 3.63) is 64.8 Å². The third-order valence-corrected chi connectivity index (χ3v) is 5.31. The van der Waals surface area contributed by atoms with E-state index in [9.17, 15) is 4.79 Å². The molecule has 1 N–H and O–H groups in total. The summed E-state index contributed by atoms with van der Waals surface area (Å²) in [5.41, 5.74) is 5.09. The monoisotopic (exact) mass is 401 g/mol. The number of terminal acetylenes is 1. The number of methoxy groups -OCH3 is 1. The molecule has 1 atom stereocenters. The standard InChI is InChI=1S/C24H23N3O3/c1-5-10-30-21-9-8-17(12-22(21)29-4)18-13-23(28)26-24-19(18)14-25-27(24)20-11-15(2)6-7-16(20)3/h1,6-9,11-12,14,18H,10,13H2,2-4H3,(H,26,28). The molecule has 0 spiro atoms. The van der Waals surface area contributed by atoms with E-state index in [1.165, 1.54) is 0 Å². The molecule has 1 aliphatic rings. The van der Waals surface area contributed by atoms with Gasteiger partial charge in [0.1, 0.15) is 12.4 Å². The van der Waals surface area contributed by atoms with Gasteiger partial charge in [0.05, 0.1) is 19.0 Å². The minimum absolute atomic E-state index is 0.0498. The van der Waals surface area contributed by atoms with Gasteiger partial charge in [0.15, 0.2) is 11.5 Å². The summed E-state index contributed by atoms with van der Waals surface area (Å²) >= 11 is 0. The Balaban J connectivity index is 1.77. The van der Waals surface area contributed by atoms with Crippen LogP contribution in [0.25, 0.3) is 5.69 Å². The maximum atomic E-state index is 12.6. The van der Waals surface area contributed by atoms with Gasteiger partial charge in [-0.25, -0.2) is 4.68 Å². The molecule has 30 heavy (non-hydrogen) atoms. The third kappa shape index (κ3) is 3.50. The number of fused-ring (bicyclic) bond motifs is 1. The van der Waals surface area contributed by atoms with Crippen molar-refractivity contribution in [3.8, 4) is 29.5 Å². The fourth-order valence-electron chi connectivity index (χ4n) is 3.79. The number of aryl methyl sites for hydroxylation is 2. The zero-order valence-corrected chi connectivity index (χ0v) is 17.2. The first kappa shape index (κ1) is 19.6. The first-order valence-corrected chi connectivity index (χ1v) is 9.71. The average molecular weight is 401 g/mol. The summed E-state index contributed by atoms with van der Waals surface area (Å²) in [6.45, 7) is 4.23. The van der Waals surface area contributed by atoms with Gasteiger partial charge in [0, 0.05) is 17.9 Å². The van der Waals surface area contributed by atoms with Crippen molar-refractivity contribution in [1.82, 2.24) is 9.78 Å². The number of hydrogen-bond donors (Lipinski definition) is 1. The number of aromatic nitrogens is 2. The lowest BCUT2D eigenvalue weighted by molar-refractivity contribution is -0.116. The Kier molecular flexibility index (Phi) is 5.20. The van der Waals surface area contributed by atoms with E-state index in [-0.39, 0.29) is 18.4 Å². The van der Waals surface area contributed by atoms with Gasteiger partial charge in [-0.3, -0.25) is 4.79 Å². The van der Waals surface area contributed by atoms with Gasteiger partial charge in [-0.15, -0.1) is 6.42 Å². The smallest absolute Gasteiger partial charge is 0.226 e. The van der Waals surface area contributed by atoms with Crippen LogP contribution in [0.4, 0.5) is 5.82 Å². The molecule has 1 amide bonds. The van der Waals surface area contributed by atoms with Crippen molar-refractivity contribution in [2.75, 3.05) is 19.0 Å². The highest BCUT2D eigenvalue weighted by Crippen LogP contribution is 2.41. The maximum absolute atomic E-state index is 12.6. The number of amides is 1. The number of rotatable bonds is 5. The zero-order valence-electron chi connectivity index (χ0n) is 17.2. The quantitative estimate of drug-likeness (QED) is 0.657. The Hall–Kier alpha value is -3.72. The molecule has 1 aliphatic heterocycles. The van der Waals surface area contributed by atoms with Gasteiger partial charge in [-0.1, -0.05) is 24.1 Å². The molecule has 6 heteroatoms. The molecule has 152 valence electrons. The second-order valence-electron chi connectivity index (χ2n) is 7.36. The Labute approximate surface area is 175 Å². The Morgan fingerprint density at radius 3 is 2.83 bits per heavy atom. The maximum Gasteiger partial charge on any atom is 0.226 e. The molecule has 1 aromatic heterocycles. The lowest BCUT2D eigenvalue weighted by Crippen LogP contribution is -2.24. The molecule has 0 radical (unpaired) electrons. The van der Waals surface area contributed by atoms with Crippen molar-refractivity contribution >= 4 is 11.7 Å². The first-order valence-electron chi connectivity index (χ1n) is 9.71. The van der Waals surface area contributed by atoms with Gasteiger partial charge >= 0.3 is 0 Å². The number of nitrogens with zero attached hydrogens (tertiary/aromatic N) is 2. The van der Waals surface area contributed by atoms with Gasteiger partial charge < -0.3 is 14.8 Å². The lowest BCUT2D eigenvalue weighted by Gasteiger charge is -2.24. The fourth-order valence-corrected chi connectivity index (χ4v) is 3.79. The van der Waals surface area contributed by atoms with Gasteiger partial charge in [-0.2, -0.15) is 5.10 Å². The molecule has 0 fully saturated rings. The number of nitrogens with one attached hydrogen (secondary N) is 1. The molecule has 0 saturated carbocycles. The summed E-state index contributed by atoms with van der Waals surface area (Å²) in [5, 5.41) is 7.61. The zero-order chi connectivity index (χ0) is 21.3. The minimum Gasteiger partial charge on any atom is -0.493 e. The van der Waals surface area contributed by atoms with Crippen LogP contribution < -0.4 is 14.8 Å². The largest absolute Gasteiger partial charge is 0.493 e. The number of anilines is 1. The molecule has 6 nitrogen and oxygen atoms in total. The molecule has 3 aromatic rings. The molecule has 4 rings (SSSR count). The number of carbonyl (C=O) groups excluding carboxylic acids is 1. The summed E-state index contributed by atoms with van der Waals surface area (Å²) in [6, 6.07) is 11.9. The summed E-state index contributed by atoms with van der Waals surface area (Å²) in [7, 11) is 1.58. The number of carbonyl (C=O) groups is 1. The normalized spacial score (nSPS) is 15.1. The second kappa shape index (κ2) is 7.96. The van der Waals surface area contributed by atoms with E-state index in [2.05, 4.69) is 34.5 Å². The Morgan fingerprint density at radius 2 is 2.07 bits per heavy atom. The Morgan fingerprint density at radius 1 is 1.23 bits per heavy atom. The molecule has 0 bridgehead atoms. The van der Waals surface area contributed by atoms with Crippen molar-refractivity contribution in [1.29, 1.82) is 0 Å². The molecule has 0 aliphatic carbocycles. The third-order valence-electron chi connectivity index (χ3n) is 5.31. The van der Waals surface area contributed by atoms with Gasteiger partial charge in [0.2, 0.25) is 5.91 Å². The van der Waals surface area contributed by atoms with E-state index in [1.54, 1.807) is 7.11 Å². The second-order valence-corrected chi connectivity index (χ2v) is 7.36. The topological polar surface area (TPSA) is 65.4 Å². The van der Waals surface area contributed by atoms with Gasteiger partial charge in [-0.05, 0) is 48.7 Å². The van der Waals surface area contributed by atoms with E-state index in [0.717, 1.165) is 27.9 Å². The van der Waals surface area contributed by atoms with Crippen LogP contribution in [0.1, 0.15) is 34.6 Å². The summed E-state index contributed by atoms with van der Waals surface area (Å²) < 4.78 is 12.8. The van der Waals surface area contributed by atoms with Crippen LogP contribution in [0, 0.1) is 26.2 Å². The first-order chi connectivity index (χ1) is 14.5. The number of ether oxygens (including phenoxy) is 2. The molecule has 1 unspecified atom stereocenters. The van der Waals surface area contributed by atoms with E-state index in [1.807, 2.05) is 42.9 Å².